The van der Waals surface area contributed by atoms with Crippen LogP contribution in [0.5, 0.6) is 0 Å². The molecule has 2 aromatic heterocycles. The summed E-state index contributed by atoms with van der Waals surface area (Å²) >= 11 is 0. The molecule has 0 aliphatic heterocycles. The standard InChI is InChI=1S/C19H21N5O/c1-14-11-15(2)22-18(21-14)16-5-4-6-17(12-16)19(25)23(3)9-10-24-8-7-20-13-24/h4-8,11-13H,9-10H2,1-3H3. The second-order valence-electron chi connectivity index (χ2n) is 6.08. The zero-order valence-corrected chi connectivity index (χ0v) is 14.7. The van der Waals surface area contributed by atoms with Crippen molar-refractivity contribution in [1.29, 1.82) is 0 Å². The molecule has 128 valence electrons. The van der Waals surface area contributed by atoms with E-state index in [0.717, 1.165) is 17.0 Å². The fraction of sp³-hybridized carbons (Fsp3) is 0.263. The Labute approximate surface area is 147 Å². The lowest BCUT2D eigenvalue weighted by Gasteiger charge is -2.17. The number of nitrogens with zero attached hydrogens (tertiary/aromatic N) is 5. The highest BCUT2D eigenvalue weighted by molar-refractivity contribution is 5.95. The number of imidazole rings is 1. The van der Waals surface area contributed by atoms with E-state index in [1.807, 2.05) is 54.9 Å². The first-order valence-corrected chi connectivity index (χ1v) is 8.17. The molecule has 0 saturated heterocycles. The quantitative estimate of drug-likeness (QED) is 0.719. The van der Waals surface area contributed by atoms with Gasteiger partial charge in [-0.15, -0.1) is 0 Å². The topological polar surface area (TPSA) is 63.9 Å². The van der Waals surface area contributed by atoms with Crippen molar-refractivity contribution in [3.05, 3.63) is 66.0 Å². The Hall–Kier alpha value is -3.02. The van der Waals surface area contributed by atoms with Crippen LogP contribution in [0.1, 0.15) is 21.7 Å². The van der Waals surface area contributed by atoms with Crippen LogP contribution < -0.4 is 0 Å². The van der Waals surface area contributed by atoms with Gasteiger partial charge in [0, 0.05) is 55.0 Å². The maximum atomic E-state index is 12.7. The van der Waals surface area contributed by atoms with Crippen LogP contribution in [0.25, 0.3) is 11.4 Å². The van der Waals surface area contributed by atoms with Crippen molar-refractivity contribution in [1.82, 2.24) is 24.4 Å². The molecule has 0 spiro atoms. The van der Waals surface area contributed by atoms with Crippen LogP contribution in [0.4, 0.5) is 0 Å². The first-order chi connectivity index (χ1) is 12.0. The van der Waals surface area contributed by atoms with Crippen molar-refractivity contribution < 1.29 is 4.79 Å². The van der Waals surface area contributed by atoms with Crippen LogP contribution in [-0.4, -0.2) is 43.9 Å². The highest BCUT2D eigenvalue weighted by atomic mass is 16.2. The molecule has 6 nitrogen and oxygen atoms in total. The van der Waals surface area contributed by atoms with E-state index in [2.05, 4.69) is 15.0 Å². The molecule has 0 saturated carbocycles. The van der Waals surface area contributed by atoms with Gasteiger partial charge in [-0.25, -0.2) is 15.0 Å². The van der Waals surface area contributed by atoms with Gasteiger partial charge in [-0.1, -0.05) is 12.1 Å². The molecule has 0 N–H and O–H groups in total. The van der Waals surface area contributed by atoms with E-state index in [4.69, 9.17) is 0 Å². The number of carbonyl (C=O) groups excluding carboxylic acids is 1. The predicted molar refractivity (Wildman–Crippen MR) is 96.1 cm³/mol. The Morgan fingerprint density at radius 2 is 1.92 bits per heavy atom. The number of aromatic nitrogens is 4. The third kappa shape index (κ3) is 4.09. The fourth-order valence-corrected chi connectivity index (χ4v) is 2.65. The van der Waals surface area contributed by atoms with E-state index in [1.165, 1.54) is 0 Å². The minimum atomic E-state index is -0.0219. The fourth-order valence-electron chi connectivity index (χ4n) is 2.65. The SMILES string of the molecule is Cc1cc(C)nc(-c2cccc(C(=O)N(C)CCn3ccnc3)c2)n1. The molecule has 0 aliphatic rings. The number of amides is 1. The van der Waals surface area contributed by atoms with Crippen LogP contribution in [0.3, 0.4) is 0 Å². The number of hydrogen-bond acceptors (Lipinski definition) is 4. The molecular formula is C19H21N5O. The van der Waals surface area contributed by atoms with Gasteiger partial charge in [-0.3, -0.25) is 4.79 Å². The number of likely N-dealkylation sites (N-methyl/N-ethyl adjacent to an activating group) is 1. The summed E-state index contributed by atoms with van der Waals surface area (Å²) in [5.41, 5.74) is 3.31. The van der Waals surface area contributed by atoms with Crippen molar-refractivity contribution in [2.24, 2.45) is 0 Å². The molecule has 25 heavy (non-hydrogen) atoms. The Balaban J connectivity index is 1.77. The number of benzene rings is 1. The Bertz CT molecular complexity index is 853. The monoisotopic (exact) mass is 335 g/mol. The Morgan fingerprint density at radius 3 is 2.60 bits per heavy atom. The zero-order valence-electron chi connectivity index (χ0n) is 14.7. The molecule has 3 rings (SSSR count). The smallest absolute Gasteiger partial charge is 0.253 e. The number of carbonyl (C=O) groups is 1. The normalized spacial score (nSPS) is 10.7. The molecular weight excluding hydrogens is 314 g/mol. The van der Waals surface area contributed by atoms with Crippen molar-refractivity contribution in [2.75, 3.05) is 13.6 Å². The van der Waals surface area contributed by atoms with E-state index in [9.17, 15) is 4.79 Å². The van der Waals surface area contributed by atoms with E-state index in [1.54, 1.807) is 24.5 Å². The summed E-state index contributed by atoms with van der Waals surface area (Å²) in [7, 11) is 1.80. The largest absolute Gasteiger partial charge is 0.340 e. The minimum absolute atomic E-state index is 0.0219. The third-order valence-corrected chi connectivity index (χ3v) is 3.95. The lowest BCUT2D eigenvalue weighted by Crippen LogP contribution is -2.29. The summed E-state index contributed by atoms with van der Waals surface area (Å²) in [5.74, 6) is 0.625. The molecule has 1 aromatic carbocycles. The van der Waals surface area contributed by atoms with Crippen LogP contribution in [0.2, 0.25) is 0 Å². The lowest BCUT2D eigenvalue weighted by atomic mass is 10.1. The summed E-state index contributed by atoms with van der Waals surface area (Å²) in [6.45, 7) is 5.20. The zero-order chi connectivity index (χ0) is 17.8. The van der Waals surface area contributed by atoms with Gasteiger partial charge >= 0.3 is 0 Å². The van der Waals surface area contributed by atoms with Gasteiger partial charge < -0.3 is 9.47 Å². The van der Waals surface area contributed by atoms with Gasteiger partial charge in [-0.05, 0) is 32.0 Å². The molecule has 0 unspecified atom stereocenters. The molecule has 3 aromatic rings. The molecule has 0 bridgehead atoms. The van der Waals surface area contributed by atoms with Crippen LogP contribution in [0, 0.1) is 13.8 Å². The van der Waals surface area contributed by atoms with Crippen molar-refractivity contribution in [3.63, 3.8) is 0 Å². The van der Waals surface area contributed by atoms with Gasteiger partial charge in [0.15, 0.2) is 5.82 Å². The average molecular weight is 335 g/mol. The third-order valence-electron chi connectivity index (χ3n) is 3.95. The number of aryl methyl sites for hydroxylation is 2. The highest BCUT2D eigenvalue weighted by Gasteiger charge is 2.13. The van der Waals surface area contributed by atoms with Gasteiger partial charge in [0.2, 0.25) is 0 Å². The molecule has 0 atom stereocenters. The Morgan fingerprint density at radius 1 is 1.16 bits per heavy atom. The lowest BCUT2D eigenvalue weighted by molar-refractivity contribution is 0.0790. The van der Waals surface area contributed by atoms with E-state index >= 15 is 0 Å². The first-order valence-electron chi connectivity index (χ1n) is 8.17. The first kappa shape index (κ1) is 16.8. The van der Waals surface area contributed by atoms with Crippen molar-refractivity contribution in [2.45, 2.75) is 20.4 Å². The minimum Gasteiger partial charge on any atom is -0.340 e. The second kappa shape index (κ2) is 7.25. The summed E-state index contributed by atoms with van der Waals surface area (Å²) < 4.78 is 1.95. The van der Waals surface area contributed by atoms with Crippen molar-refractivity contribution >= 4 is 5.91 Å². The number of hydrogen-bond donors (Lipinski definition) is 0. The summed E-state index contributed by atoms with van der Waals surface area (Å²) in [4.78, 5) is 27.3. The maximum Gasteiger partial charge on any atom is 0.253 e. The van der Waals surface area contributed by atoms with E-state index in [0.29, 0.717) is 24.5 Å². The maximum absolute atomic E-state index is 12.7. The second-order valence-corrected chi connectivity index (χ2v) is 6.08. The summed E-state index contributed by atoms with van der Waals surface area (Å²) in [5, 5.41) is 0. The molecule has 0 aliphatic carbocycles. The molecule has 0 radical (unpaired) electrons. The van der Waals surface area contributed by atoms with Crippen LogP contribution in [-0.2, 0) is 6.54 Å². The van der Waals surface area contributed by atoms with Gasteiger partial charge in [0.1, 0.15) is 0 Å². The van der Waals surface area contributed by atoms with E-state index < -0.39 is 0 Å². The summed E-state index contributed by atoms with van der Waals surface area (Å²) in [6.07, 6.45) is 5.36. The number of rotatable bonds is 5. The van der Waals surface area contributed by atoms with Crippen LogP contribution in [0.15, 0.2) is 49.1 Å². The molecule has 0 fully saturated rings. The average Bonchev–Trinajstić information content (AvgIpc) is 3.12. The van der Waals surface area contributed by atoms with Gasteiger partial charge in [0.05, 0.1) is 6.33 Å². The van der Waals surface area contributed by atoms with Crippen LogP contribution >= 0.6 is 0 Å². The highest BCUT2D eigenvalue weighted by Crippen LogP contribution is 2.18. The molecule has 2 heterocycles. The summed E-state index contributed by atoms with van der Waals surface area (Å²) in [6, 6.07) is 9.40. The molecule has 6 heteroatoms. The molecule has 1 amide bonds. The van der Waals surface area contributed by atoms with E-state index in [-0.39, 0.29) is 5.91 Å². The Kier molecular flexibility index (Phi) is 4.88. The van der Waals surface area contributed by atoms with Gasteiger partial charge in [0.25, 0.3) is 5.91 Å². The predicted octanol–water partition coefficient (Wildman–Crippen LogP) is 2.73. The van der Waals surface area contributed by atoms with Crippen molar-refractivity contribution in [3.8, 4) is 11.4 Å². The van der Waals surface area contributed by atoms with Gasteiger partial charge in [-0.2, -0.15) is 0 Å².